The van der Waals surface area contributed by atoms with Gasteiger partial charge >= 0.3 is 0 Å². The maximum atomic E-state index is 6.38. The molecule has 1 heterocycles. The van der Waals surface area contributed by atoms with Crippen molar-refractivity contribution in [3.63, 3.8) is 0 Å². The van der Waals surface area contributed by atoms with E-state index in [2.05, 4.69) is 16.5 Å². The molecule has 0 radical (unpaired) electrons. The summed E-state index contributed by atoms with van der Waals surface area (Å²) in [6.45, 7) is 0. The standard InChI is InChI=1S/C9H10ClNS/c10-12(8-4-7-11-12)9-5-2-1-3-6-9/h1-3,5-7H,4,8H2. The summed E-state index contributed by atoms with van der Waals surface area (Å²) in [5, 5.41) is 0. The highest BCUT2D eigenvalue weighted by atomic mass is 35.7. The van der Waals surface area contributed by atoms with Gasteiger partial charge in [0.15, 0.2) is 0 Å². The third-order valence-corrected chi connectivity index (χ3v) is 5.35. The van der Waals surface area contributed by atoms with Gasteiger partial charge in [-0.3, -0.25) is 0 Å². The topological polar surface area (TPSA) is 12.4 Å². The van der Waals surface area contributed by atoms with Crippen LogP contribution >= 0.6 is 20.1 Å². The van der Waals surface area contributed by atoms with E-state index in [1.54, 1.807) is 0 Å². The fraction of sp³-hybridized carbons (Fsp3) is 0.222. The van der Waals surface area contributed by atoms with Crippen molar-refractivity contribution in [3.8, 4) is 0 Å². The molecule has 0 bridgehead atoms. The van der Waals surface area contributed by atoms with Crippen LogP contribution in [0.15, 0.2) is 39.6 Å². The molecule has 1 unspecified atom stereocenters. The van der Waals surface area contributed by atoms with Crippen LogP contribution in [0, 0.1) is 0 Å². The molecule has 0 saturated heterocycles. The van der Waals surface area contributed by atoms with Crippen LogP contribution in [0.25, 0.3) is 0 Å². The number of nitrogens with zero attached hydrogens (tertiary/aromatic N) is 1. The number of rotatable bonds is 1. The Bertz CT molecular complexity index is 299. The molecular formula is C9H10ClNS. The Morgan fingerprint density at radius 3 is 2.58 bits per heavy atom. The van der Waals surface area contributed by atoms with Gasteiger partial charge in [0.25, 0.3) is 0 Å². The molecule has 1 aliphatic rings. The first kappa shape index (κ1) is 8.14. The minimum absolute atomic E-state index is 0.999. The lowest BCUT2D eigenvalue weighted by Gasteiger charge is -2.23. The average Bonchev–Trinajstić information content (AvgIpc) is 2.55. The Kier molecular flexibility index (Phi) is 2.11. The smallest absolute Gasteiger partial charge is 0.0228 e. The van der Waals surface area contributed by atoms with Crippen LogP contribution in [0.5, 0.6) is 0 Å². The zero-order chi connectivity index (χ0) is 8.44. The van der Waals surface area contributed by atoms with Crippen molar-refractivity contribution in [1.29, 1.82) is 0 Å². The van der Waals surface area contributed by atoms with Crippen LogP contribution in [-0.2, 0) is 0 Å². The van der Waals surface area contributed by atoms with Gasteiger partial charge in [0.2, 0.25) is 0 Å². The minimum Gasteiger partial charge on any atom is -0.232 e. The second kappa shape index (κ2) is 3.11. The second-order valence-electron chi connectivity index (χ2n) is 2.71. The van der Waals surface area contributed by atoms with Gasteiger partial charge in [-0.25, -0.2) is 4.40 Å². The second-order valence-corrected chi connectivity index (χ2v) is 6.58. The average molecular weight is 200 g/mol. The monoisotopic (exact) mass is 199 g/mol. The molecule has 2 rings (SSSR count). The van der Waals surface area contributed by atoms with Crippen molar-refractivity contribution in [1.82, 2.24) is 0 Å². The predicted molar refractivity (Wildman–Crippen MR) is 56.1 cm³/mol. The van der Waals surface area contributed by atoms with Crippen molar-refractivity contribution < 1.29 is 0 Å². The molecule has 0 aliphatic carbocycles. The van der Waals surface area contributed by atoms with Gasteiger partial charge in [-0.15, -0.1) is 0 Å². The minimum atomic E-state index is -1.34. The van der Waals surface area contributed by atoms with Crippen molar-refractivity contribution >= 4 is 26.3 Å². The van der Waals surface area contributed by atoms with Crippen LogP contribution in [0.2, 0.25) is 0 Å². The molecule has 1 nitrogen and oxygen atoms in total. The summed E-state index contributed by atoms with van der Waals surface area (Å²) < 4.78 is 4.36. The van der Waals surface area contributed by atoms with Gasteiger partial charge in [-0.2, -0.15) is 0 Å². The molecule has 0 spiro atoms. The zero-order valence-corrected chi connectivity index (χ0v) is 8.18. The Morgan fingerprint density at radius 2 is 2.00 bits per heavy atom. The molecule has 1 aromatic rings. The van der Waals surface area contributed by atoms with Gasteiger partial charge in [0.05, 0.1) is 0 Å². The van der Waals surface area contributed by atoms with Gasteiger partial charge in [-0.05, 0) is 38.7 Å². The third kappa shape index (κ3) is 1.37. The molecule has 0 fully saturated rings. The van der Waals surface area contributed by atoms with E-state index >= 15 is 0 Å². The molecule has 1 atom stereocenters. The van der Waals surface area contributed by atoms with E-state index in [0.29, 0.717) is 0 Å². The molecule has 0 aromatic heterocycles. The van der Waals surface area contributed by atoms with Gasteiger partial charge in [-0.1, -0.05) is 18.2 Å². The van der Waals surface area contributed by atoms with E-state index in [0.717, 1.165) is 12.2 Å². The fourth-order valence-electron chi connectivity index (χ4n) is 1.24. The number of hydrogen-bond acceptors (Lipinski definition) is 1. The van der Waals surface area contributed by atoms with Crippen molar-refractivity contribution in [3.05, 3.63) is 30.3 Å². The summed E-state index contributed by atoms with van der Waals surface area (Å²) in [6.07, 6.45) is 2.96. The van der Waals surface area contributed by atoms with E-state index in [1.165, 1.54) is 4.90 Å². The first-order valence-corrected chi connectivity index (χ1v) is 6.49. The fourth-order valence-corrected chi connectivity index (χ4v) is 3.78. The molecule has 0 amide bonds. The quantitative estimate of drug-likeness (QED) is 0.658. The summed E-state index contributed by atoms with van der Waals surface area (Å²) in [5.41, 5.74) is 0. The van der Waals surface area contributed by atoms with Gasteiger partial charge in [0, 0.05) is 16.9 Å². The van der Waals surface area contributed by atoms with E-state index < -0.39 is 9.43 Å². The Hall–Kier alpha value is -0.470. The lowest BCUT2D eigenvalue weighted by molar-refractivity contribution is 1.35. The first-order valence-electron chi connectivity index (χ1n) is 3.91. The Morgan fingerprint density at radius 1 is 1.25 bits per heavy atom. The van der Waals surface area contributed by atoms with Crippen molar-refractivity contribution in [2.24, 2.45) is 4.40 Å². The predicted octanol–water partition coefficient (Wildman–Crippen LogP) is 3.39. The van der Waals surface area contributed by atoms with Gasteiger partial charge in [0.1, 0.15) is 0 Å². The summed E-state index contributed by atoms with van der Waals surface area (Å²) >= 11 is 0. The molecule has 1 aromatic carbocycles. The summed E-state index contributed by atoms with van der Waals surface area (Å²) in [6, 6.07) is 10.2. The highest BCUT2D eigenvalue weighted by Crippen LogP contribution is 2.63. The Labute approximate surface area is 78.4 Å². The largest absolute Gasteiger partial charge is 0.232 e. The molecule has 3 heteroatoms. The highest BCUT2D eigenvalue weighted by molar-refractivity contribution is 8.50. The maximum Gasteiger partial charge on any atom is 0.0228 e. The third-order valence-electron chi connectivity index (χ3n) is 1.86. The zero-order valence-electron chi connectivity index (χ0n) is 6.61. The number of halogens is 1. The molecule has 0 N–H and O–H groups in total. The maximum absolute atomic E-state index is 6.38. The van der Waals surface area contributed by atoms with Crippen LogP contribution in [-0.4, -0.2) is 12.0 Å². The molecule has 12 heavy (non-hydrogen) atoms. The van der Waals surface area contributed by atoms with Crippen molar-refractivity contribution in [2.75, 3.05) is 5.75 Å². The lowest BCUT2D eigenvalue weighted by atomic mass is 10.4. The molecule has 1 aliphatic heterocycles. The van der Waals surface area contributed by atoms with E-state index in [9.17, 15) is 0 Å². The van der Waals surface area contributed by atoms with Crippen molar-refractivity contribution in [2.45, 2.75) is 11.3 Å². The number of benzene rings is 1. The molecular weight excluding hydrogens is 190 g/mol. The highest BCUT2D eigenvalue weighted by Gasteiger charge is 2.24. The first-order chi connectivity index (χ1) is 5.81. The summed E-state index contributed by atoms with van der Waals surface area (Å²) in [4.78, 5) is 1.18. The van der Waals surface area contributed by atoms with E-state index in [4.69, 9.17) is 10.7 Å². The van der Waals surface area contributed by atoms with Crippen LogP contribution < -0.4 is 0 Å². The van der Waals surface area contributed by atoms with Crippen LogP contribution in [0.4, 0.5) is 0 Å². The summed E-state index contributed by atoms with van der Waals surface area (Å²) in [7, 11) is 5.04. The normalized spacial score (nSPS) is 33.1. The van der Waals surface area contributed by atoms with E-state index in [-0.39, 0.29) is 0 Å². The van der Waals surface area contributed by atoms with E-state index in [1.807, 2.05) is 24.4 Å². The van der Waals surface area contributed by atoms with Crippen LogP contribution in [0.3, 0.4) is 0 Å². The SMILES string of the molecule is ClS1(c2ccccc2)CCC=N1. The molecule has 64 valence electrons. The van der Waals surface area contributed by atoms with Crippen LogP contribution in [0.1, 0.15) is 6.42 Å². The summed E-state index contributed by atoms with van der Waals surface area (Å²) in [5.74, 6) is 0.999. The number of hydrogen-bond donors (Lipinski definition) is 0. The lowest BCUT2D eigenvalue weighted by Crippen LogP contribution is -1.89. The van der Waals surface area contributed by atoms with Gasteiger partial charge < -0.3 is 0 Å². The molecule has 0 saturated carbocycles. The Balaban J connectivity index is 2.36.